The number of hydrazone groups is 1. The molecular weight excluding hydrogens is 530 g/mol. The van der Waals surface area contributed by atoms with Gasteiger partial charge in [0.05, 0.1) is 12.5 Å². The summed E-state index contributed by atoms with van der Waals surface area (Å²) in [6.07, 6.45) is 6.29. The molecule has 3 aromatic carbocycles. The first-order chi connectivity index (χ1) is 20.4. The Hall–Kier alpha value is -4.72. The molecule has 0 aromatic heterocycles. The molecule has 3 aromatic rings. The molecule has 1 saturated carbocycles. The Labute approximate surface area is 245 Å². The van der Waals surface area contributed by atoms with Gasteiger partial charge in [-0.2, -0.15) is 0 Å². The van der Waals surface area contributed by atoms with Crippen LogP contribution in [0.4, 0.5) is 5.69 Å². The standard InChI is InChI=1S/C34H35N3O5/c1-2-25(34(40)41)20-23-14-18-29(19-15-23)35-32(39)31(26-8-6-7-9-26)27-16-12-24(13-17-27)21-37-30(38)22-42-33(36-37)28-10-4-3-5-11-28/h3-5,10-20,26,31H,2,6-9,21-22H2,1H3,(H,35,39)(H,40,41). The molecule has 216 valence electrons. The number of carbonyl (C=O) groups excluding carboxylic acids is 2. The van der Waals surface area contributed by atoms with E-state index in [1.807, 2.05) is 73.7 Å². The number of carbonyl (C=O) groups is 3. The van der Waals surface area contributed by atoms with E-state index in [9.17, 15) is 19.5 Å². The molecule has 1 fully saturated rings. The molecule has 0 radical (unpaired) electrons. The van der Waals surface area contributed by atoms with E-state index in [-0.39, 0.29) is 30.3 Å². The van der Waals surface area contributed by atoms with Crippen molar-refractivity contribution in [1.29, 1.82) is 0 Å². The second-order valence-corrected chi connectivity index (χ2v) is 10.7. The fourth-order valence-electron chi connectivity index (χ4n) is 5.57. The summed E-state index contributed by atoms with van der Waals surface area (Å²) in [7, 11) is 0. The fraction of sp³-hybridized carbons (Fsp3) is 0.294. The number of anilines is 1. The molecule has 2 amide bonds. The summed E-state index contributed by atoms with van der Waals surface area (Å²) in [4.78, 5) is 37.5. The molecule has 42 heavy (non-hydrogen) atoms. The van der Waals surface area contributed by atoms with E-state index in [1.54, 1.807) is 18.2 Å². The smallest absolute Gasteiger partial charge is 0.331 e. The number of amides is 2. The molecule has 1 aliphatic carbocycles. The molecular formula is C34H35N3O5. The van der Waals surface area contributed by atoms with Crippen molar-refractivity contribution in [3.05, 3.63) is 107 Å². The number of carboxylic acid groups (broad SMARTS) is 1. The largest absolute Gasteiger partial charge is 0.478 e. The summed E-state index contributed by atoms with van der Waals surface area (Å²) >= 11 is 0. The number of aliphatic carboxylic acids is 1. The second-order valence-electron chi connectivity index (χ2n) is 10.7. The van der Waals surface area contributed by atoms with Crippen molar-refractivity contribution in [3.8, 4) is 0 Å². The third kappa shape index (κ3) is 6.94. The van der Waals surface area contributed by atoms with Crippen molar-refractivity contribution < 1.29 is 24.2 Å². The van der Waals surface area contributed by atoms with Crippen LogP contribution >= 0.6 is 0 Å². The molecule has 0 spiro atoms. The Kier molecular flexibility index (Phi) is 9.12. The summed E-state index contributed by atoms with van der Waals surface area (Å²) in [6, 6.07) is 24.6. The quantitative estimate of drug-likeness (QED) is 0.285. The summed E-state index contributed by atoms with van der Waals surface area (Å²) in [5.74, 6) is -0.828. The molecule has 1 atom stereocenters. The Morgan fingerprint density at radius 1 is 1.02 bits per heavy atom. The Morgan fingerprint density at radius 3 is 2.36 bits per heavy atom. The molecule has 1 aliphatic heterocycles. The van der Waals surface area contributed by atoms with Crippen LogP contribution in [-0.2, 0) is 25.7 Å². The average molecular weight is 566 g/mol. The van der Waals surface area contributed by atoms with E-state index in [0.717, 1.165) is 47.9 Å². The van der Waals surface area contributed by atoms with E-state index in [2.05, 4.69) is 10.4 Å². The predicted molar refractivity (Wildman–Crippen MR) is 162 cm³/mol. The highest BCUT2D eigenvalue weighted by Crippen LogP contribution is 2.38. The van der Waals surface area contributed by atoms with Crippen LogP contribution < -0.4 is 5.32 Å². The van der Waals surface area contributed by atoms with Crippen LogP contribution in [0.3, 0.4) is 0 Å². The topological polar surface area (TPSA) is 108 Å². The van der Waals surface area contributed by atoms with Gasteiger partial charge in [0.25, 0.3) is 5.91 Å². The van der Waals surface area contributed by atoms with Gasteiger partial charge in [-0.3, -0.25) is 9.59 Å². The number of hydrogen-bond acceptors (Lipinski definition) is 5. The number of rotatable bonds is 10. The van der Waals surface area contributed by atoms with Gasteiger partial charge in [-0.15, -0.1) is 5.10 Å². The minimum atomic E-state index is -0.929. The lowest BCUT2D eigenvalue weighted by Crippen LogP contribution is -2.36. The summed E-state index contributed by atoms with van der Waals surface area (Å²) in [5.41, 5.74) is 4.44. The zero-order chi connectivity index (χ0) is 29.5. The van der Waals surface area contributed by atoms with Crippen molar-refractivity contribution in [1.82, 2.24) is 5.01 Å². The molecule has 0 saturated heterocycles. The van der Waals surface area contributed by atoms with E-state index in [4.69, 9.17) is 4.74 Å². The zero-order valence-electron chi connectivity index (χ0n) is 23.7. The van der Waals surface area contributed by atoms with Crippen LogP contribution in [-0.4, -0.2) is 40.4 Å². The van der Waals surface area contributed by atoms with Gasteiger partial charge in [0, 0.05) is 16.8 Å². The lowest BCUT2D eigenvalue weighted by molar-refractivity contribution is -0.136. The van der Waals surface area contributed by atoms with Crippen molar-refractivity contribution in [3.63, 3.8) is 0 Å². The number of ether oxygens (including phenoxy) is 1. The highest BCUT2D eigenvalue weighted by molar-refractivity contribution is 5.98. The normalized spacial score (nSPS) is 16.5. The second kappa shape index (κ2) is 13.3. The Balaban J connectivity index is 1.30. The minimum absolute atomic E-state index is 0.0572. The van der Waals surface area contributed by atoms with Gasteiger partial charge >= 0.3 is 5.97 Å². The summed E-state index contributed by atoms with van der Waals surface area (Å²) in [5, 5.41) is 18.2. The molecule has 1 unspecified atom stereocenters. The number of hydrogen-bond donors (Lipinski definition) is 2. The average Bonchev–Trinajstić information content (AvgIpc) is 3.53. The molecule has 5 rings (SSSR count). The van der Waals surface area contributed by atoms with Crippen LogP contribution in [0, 0.1) is 5.92 Å². The third-order valence-corrected chi connectivity index (χ3v) is 7.85. The van der Waals surface area contributed by atoms with Crippen molar-refractivity contribution in [2.45, 2.75) is 51.5 Å². The lowest BCUT2D eigenvalue weighted by Gasteiger charge is -2.25. The highest BCUT2D eigenvalue weighted by atomic mass is 16.5. The van der Waals surface area contributed by atoms with Gasteiger partial charge < -0.3 is 15.2 Å². The zero-order valence-corrected chi connectivity index (χ0v) is 23.7. The maximum Gasteiger partial charge on any atom is 0.331 e. The number of nitrogens with zero attached hydrogens (tertiary/aromatic N) is 2. The highest BCUT2D eigenvalue weighted by Gasteiger charge is 2.32. The van der Waals surface area contributed by atoms with Gasteiger partial charge in [0.1, 0.15) is 0 Å². The van der Waals surface area contributed by atoms with Crippen LogP contribution in [0.25, 0.3) is 6.08 Å². The van der Waals surface area contributed by atoms with Crippen LogP contribution in [0.5, 0.6) is 0 Å². The van der Waals surface area contributed by atoms with Crippen LogP contribution in [0.1, 0.15) is 67.2 Å². The van der Waals surface area contributed by atoms with E-state index >= 15 is 0 Å². The van der Waals surface area contributed by atoms with Gasteiger partial charge in [0.2, 0.25) is 11.8 Å². The first kappa shape index (κ1) is 28.8. The molecule has 2 aliphatic rings. The SMILES string of the molecule is CCC(=Cc1ccc(NC(=O)C(c2ccc(CN3N=C(c4ccccc4)OCC3=O)cc2)C2CCCC2)cc1)C(=O)O. The Bertz CT molecular complexity index is 1470. The third-order valence-electron chi connectivity index (χ3n) is 7.85. The molecule has 1 heterocycles. The van der Waals surface area contributed by atoms with E-state index in [1.165, 1.54) is 5.01 Å². The van der Waals surface area contributed by atoms with Gasteiger partial charge in [-0.1, -0.05) is 74.4 Å². The van der Waals surface area contributed by atoms with E-state index in [0.29, 0.717) is 30.1 Å². The summed E-state index contributed by atoms with van der Waals surface area (Å²) in [6.45, 7) is 2.05. The maximum atomic E-state index is 13.6. The number of carboxylic acids is 1. The van der Waals surface area contributed by atoms with Gasteiger partial charge in [0.15, 0.2) is 6.61 Å². The number of nitrogens with one attached hydrogen (secondary N) is 1. The monoisotopic (exact) mass is 565 g/mol. The maximum absolute atomic E-state index is 13.6. The number of benzene rings is 3. The predicted octanol–water partition coefficient (Wildman–Crippen LogP) is 6.20. The molecule has 2 N–H and O–H groups in total. The lowest BCUT2D eigenvalue weighted by atomic mass is 9.83. The van der Waals surface area contributed by atoms with E-state index < -0.39 is 5.97 Å². The van der Waals surface area contributed by atoms with Gasteiger partial charge in [-0.05, 0) is 72.2 Å². The first-order valence-electron chi connectivity index (χ1n) is 14.4. The van der Waals surface area contributed by atoms with Crippen LogP contribution in [0.2, 0.25) is 0 Å². The van der Waals surface area contributed by atoms with Crippen molar-refractivity contribution >= 4 is 35.4 Å². The fourth-order valence-corrected chi connectivity index (χ4v) is 5.57. The molecule has 0 bridgehead atoms. The first-order valence-corrected chi connectivity index (χ1v) is 14.4. The van der Waals surface area contributed by atoms with Gasteiger partial charge in [-0.25, -0.2) is 9.80 Å². The van der Waals surface area contributed by atoms with Crippen molar-refractivity contribution in [2.24, 2.45) is 11.0 Å². The molecule has 8 nitrogen and oxygen atoms in total. The summed E-state index contributed by atoms with van der Waals surface area (Å²) < 4.78 is 5.55. The molecule has 8 heteroatoms. The minimum Gasteiger partial charge on any atom is -0.478 e. The van der Waals surface area contributed by atoms with Crippen LogP contribution in [0.15, 0.2) is 89.5 Å². The Morgan fingerprint density at radius 2 is 1.71 bits per heavy atom. The van der Waals surface area contributed by atoms with Crippen molar-refractivity contribution in [2.75, 3.05) is 11.9 Å².